The summed E-state index contributed by atoms with van der Waals surface area (Å²) in [4.78, 5) is 0. The molecular formula is C7H6BClF3O-. The Labute approximate surface area is 78.5 Å². The fraction of sp³-hybridized carbons (Fsp3) is 0.143. The maximum absolute atomic E-state index is 12.2. The molecule has 0 aliphatic rings. The van der Waals surface area contributed by atoms with E-state index in [0.717, 1.165) is 12.1 Å². The van der Waals surface area contributed by atoms with Gasteiger partial charge in [0.1, 0.15) is 5.75 Å². The molecule has 0 saturated carbocycles. The molecule has 6 heteroatoms. The van der Waals surface area contributed by atoms with Crippen LogP contribution in [-0.4, -0.2) is 14.1 Å². The third kappa shape index (κ3) is 2.31. The van der Waals surface area contributed by atoms with E-state index in [0.29, 0.717) is 0 Å². The second kappa shape index (κ2) is 3.50. The SMILES string of the molecule is COc1cc([B-](F)(F)F)ccc1Cl. The van der Waals surface area contributed by atoms with E-state index < -0.39 is 12.4 Å². The number of hydrogen-bond donors (Lipinski definition) is 0. The fourth-order valence-corrected chi connectivity index (χ4v) is 1.07. The molecule has 1 rings (SSSR count). The van der Waals surface area contributed by atoms with Crippen LogP contribution in [0.2, 0.25) is 5.02 Å². The van der Waals surface area contributed by atoms with Crippen molar-refractivity contribution >= 4 is 24.0 Å². The highest BCUT2D eigenvalue weighted by atomic mass is 35.5. The highest BCUT2D eigenvalue weighted by Gasteiger charge is 2.26. The second-order valence-electron chi connectivity index (χ2n) is 2.47. The van der Waals surface area contributed by atoms with Gasteiger partial charge in [0, 0.05) is 0 Å². The van der Waals surface area contributed by atoms with Crippen LogP contribution in [0, 0.1) is 0 Å². The molecule has 0 heterocycles. The number of rotatable bonds is 2. The lowest BCUT2D eigenvalue weighted by atomic mass is 9.80. The quantitative estimate of drug-likeness (QED) is 0.680. The normalized spacial score (nSPS) is 11.5. The Hall–Kier alpha value is -0.835. The van der Waals surface area contributed by atoms with Crippen LogP contribution in [0.25, 0.3) is 0 Å². The molecule has 1 nitrogen and oxygen atoms in total. The molecule has 1 aromatic carbocycles. The number of ether oxygens (including phenoxy) is 1. The summed E-state index contributed by atoms with van der Waals surface area (Å²) in [6, 6.07) is 3.00. The molecule has 72 valence electrons. The standard InChI is InChI=1S/C7H6BClF3O/c1-13-7-4-5(8(10,11)12)2-3-6(7)9/h2-4H,1H3/q-1. The molecule has 0 N–H and O–H groups in total. The predicted octanol–water partition coefficient (Wildman–Crippen LogP) is 2.40. The van der Waals surface area contributed by atoms with Gasteiger partial charge in [-0.2, -0.15) is 0 Å². The van der Waals surface area contributed by atoms with Gasteiger partial charge in [0.2, 0.25) is 0 Å². The zero-order valence-electron chi connectivity index (χ0n) is 6.73. The summed E-state index contributed by atoms with van der Waals surface area (Å²) in [5.41, 5.74) is -0.707. The van der Waals surface area contributed by atoms with E-state index in [-0.39, 0.29) is 10.8 Å². The van der Waals surface area contributed by atoms with Gasteiger partial charge in [0.05, 0.1) is 12.1 Å². The van der Waals surface area contributed by atoms with Gasteiger partial charge in [0.15, 0.2) is 0 Å². The van der Waals surface area contributed by atoms with Crippen LogP contribution in [0.4, 0.5) is 12.9 Å². The molecule has 0 radical (unpaired) electrons. The average molecular weight is 209 g/mol. The van der Waals surface area contributed by atoms with Gasteiger partial charge < -0.3 is 17.7 Å². The molecule has 0 bridgehead atoms. The minimum Gasteiger partial charge on any atom is -0.495 e. The van der Waals surface area contributed by atoms with Gasteiger partial charge in [-0.3, -0.25) is 0 Å². The largest absolute Gasteiger partial charge is 0.509 e. The zero-order chi connectivity index (χ0) is 10.1. The smallest absolute Gasteiger partial charge is 0.495 e. The monoisotopic (exact) mass is 209 g/mol. The molecule has 1 aromatic rings. The van der Waals surface area contributed by atoms with Crippen molar-refractivity contribution in [2.75, 3.05) is 7.11 Å². The van der Waals surface area contributed by atoms with Crippen LogP contribution in [0.5, 0.6) is 5.75 Å². The summed E-state index contributed by atoms with van der Waals surface area (Å²) in [6.45, 7) is -4.98. The van der Waals surface area contributed by atoms with Crippen molar-refractivity contribution in [2.45, 2.75) is 0 Å². The first-order chi connectivity index (χ1) is 5.95. The summed E-state index contributed by atoms with van der Waals surface area (Å²) >= 11 is 5.56. The Morgan fingerprint density at radius 2 is 1.92 bits per heavy atom. The number of hydrogen-bond acceptors (Lipinski definition) is 1. The molecule has 0 aliphatic carbocycles. The van der Waals surface area contributed by atoms with Gasteiger partial charge in [-0.25, -0.2) is 0 Å². The first-order valence-electron chi connectivity index (χ1n) is 3.48. The average Bonchev–Trinajstić information content (AvgIpc) is 2.03. The summed E-state index contributed by atoms with van der Waals surface area (Å²) < 4.78 is 41.3. The van der Waals surface area contributed by atoms with Crippen molar-refractivity contribution in [3.63, 3.8) is 0 Å². The molecule has 0 atom stereocenters. The first kappa shape index (κ1) is 10.2. The Kier molecular flexibility index (Phi) is 2.76. The maximum atomic E-state index is 12.2. The van der Waals surface area contributed by atoms with E-state index in [1.54, 1.807) is 0 Å². The Morgan fingerprint density at radius 3 is 2.38 bits per heavy atom. The van der Waals surface area contributed by atoms with Crippen LogP contribution >= 0.6 is 11.6 Å². The molecule has 0 saturated heterocycles. The molecule has 0 unspecified atom stereocenters. The van der Waals surface area contributed by atoms with Gasteiger partial charge in [0.25, 0.3) is 0 Å². The molecule has 0 aromatic heterocycles. The van der Waals surface area contributed by atoms with Gasteiger partial charge in [-0.1, -0.05) is 17.7 Å². The van der Waals surface area contributed by atoms with Gasteiger partial charge >= 0.3 is 6.98 Å². The first-order valence-corrected chi connectivity index (χ1v) is 3.86. The topological polar surface area (TPSA) is 9.23 Å². The van der Waals surface area contributed by atoms with E-state index in [1.165, 1.54) is 13.2 Å². The third-order valence-electron chi connectivity index (χ3n) is 1.55. The summed E-state index contributed by atoms with van der Waals surface area (Å²) in [5.74, 6) is 0.0402. The van der Waals surface area contributed by atoms with E-state index in [1.807, 2.05) is 0 Å². The molecule has 13 heavy (non-hydrogen) atoms. The molecule has 0 fully saturated rings. The van der Waals surface area contributed by atoms with E-state index in [4.69, 9.17) is 11.6 Å². The van der Waals surface area contributed by atoms with Gasteiger partial charge in [-0.05, 0) is 12.1 Å². The van der Waals surface area contributed by atoms with Crippen molar-refractivity contribution in [1.29, 1.82) is 0 Å². The van der Waals surface area contributed by atoms with Crippen LogP contribution < -0.4 is 10.2 Å². The van der Waals surface area contributed by atoms with Crippen LogP contribution in [0.15, 0.2) is 18.2 Å². The zero-order valence-corrected chi connectivity index (χ0v) is 7.49. The molecule has 0 aliphatic heterocycles. The summed E-state index contributed by atoms with van der Waals surface area (Å²) in [7, 11) is 1.27. The van der Waals surface area contributed by atoms with E-state index >= 15 is 0 Å². The highest BCUT2D eigenvalue weighted by molar-refractivity contribution is 6.73. The number of halogens is 4. The molecule has 0 amide bonds. The predicted molar refractivity (Wildman–Crippen MR) is 46.7 cm³/mol. The Bertz CT molecular complexity index is 313. The molecular weight excluding hydrogens is 203 g/mol. The highest BCUT2D eigenvalue weighted by Crippen LogP contribution is 2.23. The summed E-state index contributed by atoms with van der Waals surface area (Å²) in [5, 5.41) is 0.173. The summed E-state index contributed by atoms with van der Waals surface area (Å²) in [6.07, 6.45) is 0. The lowest BCUT2D eigenvalue weighted by molar-refractivity contribution is 0.414. The van der Waals surface area contributed by atoms with Crippen molar-refractivity contribution < 1.29 is 17.7 Å². The lowest BCUT2D eigenvalue weighted by Crippen LogP contribution is -2.33. The van der Waals surface area contributed by atoms with Gasteiger partial charge in [-0.15, -0.1) is 5.46 Å². The van der Waals surface area contributed by atoms with Crippen LogP contribution in [0.3, 0.4) is 0 Å². The van der Waals surface area contributed by atoms with E-state index in [2.05, 4.69) is 4.74 Å². The third-order valence-corrected chi connectivity index (χ3v) is 1.87. The van der Waals surface area contributed by atoms with Crippen molar-refractivity contribution in [1.82, 2.24) is 0 Å². The Balaban J connectivity index is 3.14. The van der Waals surface area contributed by atoms with E-state index in [9.17, 15) is 12.9 Å². The van der Waals surface area contributed by atoms with Crippen molar-refractivity contribution in [2.24, 2.45) is 0 Å². The molecule has 0 spiro atoms. The van der Waals surface area contributed by atoms with Crippen molar-refractivity contribution in [3.8, 4) is 5.75 Å². The van der Waals surface area contributed by atoms with Crippen LogP contribution in [-0.2, 0) is 0 Å². The minimum atomic E-state index is -4.98. The minimum absolute atomic E-state index is 0.0402. The second-order valence-corrected chi connectivity index (χ2v) is 2.88. The maximum Gasteiger partial charge on any atom is 0.509 e. The fourth-order valence-electron chi connectivity index (χ4n) is 0.880. The van der Waals surface area contributed by atoms with Crippen LogP contribution in [0.1, 0.15) is 0 Å². The number of methoxy groups -OCH3 is 1. The lowest BCUT2D eigenvalue weighted by Gasteiger charge is -2.15. The Morgan fingerprint density at radius 1 is 1.31 bits per heavy atom. The number of benzene rings is 1. The van der Waals surface area contributed by atoms with Crippen molar-refractivity contribution in [3.05, 3.63) is 23.2 Å².